The van der Waals surface area contributed by atoms with Gasteiger partial charge in [-0.2, -0.15) is 8.42 Å². The predicted octanol–water partition coefficient (Wildman–Crippen LogP) is 0.944. The fourth-order valence-corrected chi connectivity index (χ4v) is 1.96. The third-order valence-electron chi connectivity index (χ3n) is 1.42. The zero-order valence-corrected chi connectivity index (χ0v) is 8.79. The molecular weight excluding hydrogens is 246 g/mol. The van der Waals surface area contributed by atoms with Gasteiger partial charge in [-0.15, -0.1) is 4.33 Å². The second kappa shape index (κ2) is 4.79. The molecule has 0 aliphatic heterocycles. The molecule has 1 rings (SSSR count). The molecule has 0 aliphatic carbocycles. The molecule has 0 atom stereocenters. The van der Waals surface area contributed by atoms with E-state index in [9.17, 15) is 8.42 Å². The zero-order chi connectivity index (χ0) is 11.5. The lowest BCUT2D eigenvalue weighted by molar-refractivity contribution is -0.432. The largest absolute Gasteiger partial charge is 0.398 e. The van der Waals surface area contributed by atoms with E-state index in [1.54, 1.807) is 0 Å². The highest BCUT2D eigenvalue weighted by molar-refractivity contribution is 7.94. The number of anilines is 1. The van der Waals surface area contributed by atoms with Crippen molar-refractivity contribution in [2.24, 2.45) is 0 Å². The fraction of sp³-hybridized carbons (Fsp3) is 0. The minimum absolute atomic E-state index is 0.0910. The molecular formula is C6H7NO6S2. The molecule has 0 amide bonds. The van der Waals surface area contributed by atoms with Gasteiger partial charge in [0, 0.05) is 4.90 Å². The molecule has 0 fully saturated rings. The summed E-state index contributed by atoms with van der Waals surface area (Å²) in [6.07, 6.45) is 0. The van der Waals surface area contributed by atoms with E-state index in [0.717, 1.165) is 6.07 Å². The SMILES string of the molecule is Nc1ccc(SOOO)cc1S(=O)(=O)O. The maximum absolute atomic E-state index is 10.8. The third-order valence-corrected chi connectivity index (χ3v) is 2.91. The van der Waals surface area contributed by atoms with Crippen LogP contribution in [0.15, 0.2) is 28.0 Å². The molecule has 1 aromatic rings. The topological polar surface area (TPSA) is 119 Å². The molecule has 0 saturated heterocycles. The van der Waals surface area contributed by atoms with Gasteiger partial charge in [0.2, 0.25) is 0 Å². The minimum Gasteiger partial charge on any atom is -0.398 e. The van der Waals surface area contributed by atoms with Gasteiger partial charge in [-0.25, -0.2) is 5.26 Å². The summed E-state index contributed by atoms with van der Waals surface area (Å²) in [5.74, 6) is 0. The monoisotopic (exact) mass is 253 g/mol. The van der Waals surface area contributed by atoms with Crippen molar-refractivity contribution in [1.29, 1.82) is 0 Å². The Morgan fingerprint density at radius 1 is 1.40 bits per heavy atom. The second-order valence-corrected chi connectivity index (χ2v) is 4.56. The maximum Gasteiger partial charge on any atom is 0.296 e. The number of hydrogen-bond acceptors (Lipinski definition) is 7. The van der Waals surface area contributed by atoms with Gasteiger partial charge in [-0.05, 0) is 18.2 Å². The summed E-state index contributed by atoms with van der Waals surface area (Å²) in [4.78, 5) is -0.153. The van der Waals surface area contributed by atoms with Crippen LogP contribution in [0.2, 0.25) is 0 Å². The van der Waals surface area contributed by atoms with Crippen LogP contribution in [0.4, 0.5) is 5.69 Å². The van der Waals surface area contributed by atoms with E-state index in [0.29, 0.717) is 12.0 Å². The molecule has 9 heteroatoms. The molecule has 0 saturated carbocycles. The Morgan fingerprint density at radius 2 is 2.07 bits per heavy atom. The van der Waals surface area contributed by atoms with Crippen LogP contribution >= 0.6 is 12.0 Å². The number of rotatable bonds is 4. The quantitative estimate of drug-likeness (QED) is 0.238. The lowest BCUT2D eigenvalue weighted by atomic mass is 10.3. The summed E-state index contributed by atoms with van der Waals surface area (Å²) >= 11 is 0.556. The normalized spacial score (nSPS) is 11.6. The van der Waals surface area contributed by atoms with E-state index in [1.807, 2.05) is 0 Å². The molecule has 0 aliphatic rings. The Bertz CT molecular complexity index is 445. The Balaban J connectivity index is 3.06. The van der Waals surface area contributed by atoms with E-state index in [-0.39, 0.29) is 10.6 Å². The highest BCUT2D eigenvalue weighted by Gasteiger charge is 2.14. The van der Waals surface area contributed by atoms with Crippen molar-refractivity contribution < 1.29 is 27.6 Å². The van der Waals surface area contributed by atoms with Crippen LogP contribution in [0.5, 0.6) is 0 Å². The van der Waals surface area contributed by atoms with Gasteiger partial charge in [-0.1, -0.05) is 5.04 Å². The standard InChI is InChI=1S/C6H7NO6S2/c7-5-2-1-4(14-13-12-8)3-6(5)15(9,10)11/h1-3,8H,7H2,(H,9,10,11). The lowest BCUT2D eigenvalue weighted by Crippen LogP contribution is -2.03. The molecule has 84 valence electrons. The van der Waals surface area contributed by atoms with Crippen molar-refractivity contribution in [2.45, 2.75) is 9.79 Å². The summed E-state index contributed by atoms with van der Waals surface area (Å²) in [5.41, 5.74) is 5.24. The Hall–Kier alpha value is -0.840. The molecule has 15 heavy (non-hydrogen) atoms. The maximum atomic E-state index is 10.8. The van der Waals surface area contributed by atoms with E-state index in [4.69, 9.17) is 15.5 Å². The second-order valence-electron chi connectivity index (χ2n) is 2.40. The van der Waals surface area contributed by atoms with Gasteiger partial charge in [0.15, 0.2) is 0 Å². The van der Waals surface area contributed by atoms with E-state index in [2.05, 4.69) is 9.37 Å². The molecule has 0 radical (unpaired) electrons. The average Bonchev–Trinajstić information content (AvgIpc) is 2.15. The number of nitrogen functional groups attached to an aromatic ring is 1. The van der Waals surface area contributed by atoms with Gasteiger partial charge < -0.3 is 5.73 Å². The zero-order valence-electron chi connectivity index (χ0n) is 7.15. The van der Waals surface area contributed by atoms with Crippen molar-refractivity contribution in [1.82, 2.24) is 0 Å². The van der Waals surface area contributed by atoms with Crippen LogP contribution < -0.4 is 5.73 Å². The molecule has 0 unspecified atom stereocenters. The van der Waals surface area contributed by atoms with Crippen LogP contribution in [0.3, 0.4) is 0 Å². The molecule has 0 heterocycles. The smallest absolute Gasteiger partial charge is 0.296 e. The van der Waals surface area contributed by atoms with Gasteiger partial charge in [0.25, 0.3) is 10.1 Å². The van der Waals surface area contributed by atoms with E-state index >= 15 is 0 Å². The van der Waals surface area contributed by atoms with Crippen molar-refractivity contribution in [3.63, 3.8) is 0 Å². The molecule has 7 nitrogen and oxygen atoms in total. The fourth-order valence-electron chi connectivity index (χ4n) is 0.844. The van der Waals surface area contributed by atoms with Crippen molar-refractivity contribution in [3.8, 4) is 0 Å². The molecule has 0 bridgehead atoms. The van der Waals surface area contributed by atoms with E-state index < -0.39 is 15.0 Å². The van der Waals surface area contributed by atoms with Gasteiger partial charge in [0.1, 0.15) is 4.90 Å². The molecule has 0 spiro atoms. The van der Waals surface area contributed by atoms with Crippen LogP contribution in [0.25, 0.3) is 0 Å². The summed E-state index contributed by atoms with van der Waals surface area (Å²) in [6, 6.07) is 3.77. The van der Waals surface area contributed by atoms with Crippen molar-refractivity contribution >= 4 is 27.8 Å². The highest BCUT2D eigenvalue weighted by atomic mass is 32.2. The first kappa shape index (κ1) is 12.2. The summed E-state index contributed by atoms with van der Waals surface area (Å²) in [6.45, 7) is 0. The van der Waals surface area contributed by atoms with Gasteiger partial charge in [-0.3, -0.25) is 4.55 Å². The summed E-state index contributed by atoms with van der Waals surface area (Å²) in [5, 5.41) is 11.2. The summed E-state index contributed by atoms with van der Waals surface area (Å²) < 4.78 is 34.5. The summed E-state index contributed by atoms with van der Waals surface area (Å²) in [7, 11) is -4.38. The average molecular weight is 253 g/mol. The number of benzene rings is 1. The Labute approximate surface area is 89.6 Å². The number of hydrogen-bond donors (Lipinski definition) is 3. The Kier molecular flexibility index (Phi) is 3.90. The van der Waals surface area contributed by atoms with E-state index in [1.165, 1.54) is 12.1 Å². The van der Waals surface area contributed by atoms with Crippen LogP contribution in [0.1, 0.15) is 0 Å². The first-order valence-electron chi connectivity index (χ1n) is 3.47. The van der Waals surface area contributed by atoms with Crippen LogP contribution in [0, 0.1) is 0 Å². The molecule has 0 aromatic heterocycles. The van der Waals surface area contributed by atoms with Crippen molar-refractivity contribution in [3.05, 3.63) is 18.2 Å². The first-order valence-corrected chi connectivity index (χ1v) is 5.65. The number of nitrogens with two attached hydrogens (primary N) is 1. The highest BCUT2D eigenvalue weighted by Crippen LogP contribution is 2.26. The van der Waals surface area contributed by atoms with Gasteiger partial charge >= 0.3 is 0 Å². The van der Waals surface area contributed by atoms with Crippen LogP contribution in [-0.2, 0) is 19.5 Å². The molecule has 1 aromatic carbocycles. The minimum atomic E-state index is -4.38. The lowest BCUT2D eigenvalue weighted by Gasteiger charge is -2.04. The Morgan fingerprint density at radius 3 is 2.60 bits per heavy atom. The first-order chi connectivity index (χ1) is 6.95. The van der Waals surface area contributed by atoms with Crippen molar-refractivity contribution in [2.75, 3.05) is 5.73 Å². The van der Waals surface area contributed by atoms with Crippen LogP contribution in [-0.4, -0.2) is 18.2 Å². The van der Waals surface area contributed by atoms with Gasteiger partial charge in [0.05, 0.1) is 17.7 Å². The molecule has 4 N–H and O–H groups in total. The third kappa shape index (κ3) is 3.34. The predicted molar refractivity (Wildman–Crippen MR) is 51.3 cm³/mol.